The fraction of sp³-hybridized carbons (Fsp3) is 0.0870. The minimum Gasteiger partial charge on any atom is -0.497 e. The molecule has 186 valence electrons. The normalized spacial score (nSPS) is 11.2. The maximum Gasteiger partial charge on any atom is 0.293 e. The van der Waals surface area contributed by atoms with Crippen molar-refractivity contribution in [3.05, 3.63) is 81.5 Å². The Morgan fingerprint density at radius 3 is 2.28 bits per heavy atom. The molecule has 0 saturated carbocycles. The van der Waals surface area contributed by atoms with E-state index >= 15 is 0 Å². The van der Waals surface area contributed by atoms with Crippen LogP contribution in [0.15, 0.2) is 65.6 Å². The van der Waals surface area contributed by atoms with Gasteiger partial charge in [0.1, 0.15) is 22.7 Å². The molecule has 36 heavy (non-hydrogen) atoms. The number of hydrogen-bond donors (Lipinski definition) is 3. The number of nitro groups is 1. The van der Waals surface area contributed by atoms with E-state index in [0.29, 0.717) is 27.9 Å². The summed E-state index contributed by atoms with van der Waals surface area (Å²) >= 11 is 6.27. The van der Waals surface area contributed by atoms with E-state index in [-0.39, 0.29) is 27.2 Å². The van der Waals surface area contributed by atoms with Crippen molar-refractivity contribution in [3.8, 4) is 11.5 Å². The predicted octanol–water partition coefficient (Wildman–Crippen LogP) is 4.61. The number of fused-ring (bicyclic) bond motifs is 1. The van der Waals surface area contributed by atoms with Gasteiger partial charge >= 0.3 is 0 Å². The number of halogens is 1. The molecule has 0 bridgehead atoms. The summed E-state index contributed by atoms with van der Waals surface area (Å²) in [5.41, 5.74) is 0.371. The summed E-state index contributed by atoms with van der Waals surface area (Å²) in [6.07, 6.45) is 0. The third kappa shape index (κ3) is 4.90. The molecule has 0 unspecified atom stereocenters. The Balaban J connectivity index is 1.71. The molecule has 0 saturated heterocycles. The lowest BCUT2D eigenvalue weighted by molar-refractivity contribution is -0.383. The van der Waals surface area contributed by atoms with Crippen LogP contribution in [0.1, 0.15) is 10.5 Å². The Bertz CT molecular complexity index is 1580. The van der Waals surface area contributed by atoms with Crippen LogP contribution < -0.4 is 19.5 Å². The summed E-state index contributed by atoms with van der Waals surface area (Å²) in [6, 6.07) is 14.4. The number of benzene rings is 3. The van der Waals surface area contributed by atoms with Gasteiger partial charge in [0.05, 0.1) is 34.7 Å². The highest BCUT2D eigenvalue weighted by atomic mass is 35.5. The minimum absolute atomic E-state index is 0.0241. The van der Waals surface area contributed by atoms with E-state index in [4.69, 9.17) is 21.1 Å². The van der Waals surface area contributed by atoms with Crippen molar-refractivity contribution in [1.82, 2.24) is 9.71 Å². The Morgan fingerprint density at radius 1 is 0.972 bits per heavy atom. The van der Waals surface area contributed by atoms with Crippen molar-refractivity contribution in [3.63, 3.8) is 0 Å². The molecule has 1 amide bonds. The molecule has 13 heteroatoms. The number of methoxy groups -OCH3 is 2. The zero-order chi connectivity index (χ0) is 26.0. The number of H-pyrrole nitrogens is 1. The standard InChI is InChI=1S/C23H19ClN4O7S/c1-34-13-3-6-15(7-4-13)36(32,33)27-23(29)20-12-16-18(9-10-21(28(30)31)22(16)26-20)25-19-11-14(35-2)5-8-17(19)24/h3-12,25-26H,1-2H3,(H,27,29). The summed E-state index contributed by atoms with van der Waals surface area (Å²) < 4.78 is 37.5. The number of non-ortho nitro benzene ring substituents is 1. The average Bonchev–Trinajstić information content (AvgIpc) is 3.31. The van der Waals surface area contributed by atoms with Gasteiger partial charge in [-0.2, -0.15) is 0 Å². The minimum atomic E-state index is -4.22. The van der Waals surface area contributed by atoms with E-state index in [1.54, 1.807) is 18.2 Å². The highest BCUT2D eigenvalue weighted by molar-refractivity contribution is 7.90. The van der Waals surface area contributed by atoms with Crippen LogP contribution in [0.5, 0.6) is 11.5 Å². The van der Waals surface area contributed by atoms with Gasteiger partial charge in [-0.15, -0.1) is 0 Å². The maximum absolute atomic E-state index is 12.8. The van der Waals surface area contributed by atoms with Gasteiger partial charge in [0.2, 0.25) is 0 Å². The zero-order valence-electron chi connectivity index (χ0n) is 18.9. The first kappa shape index (κ1) is 24.8. The Kier molecular flexibility index (Phi) is 6.73. The summed E-state index contributed by atoms with van der Waals surface area (Å²) in [4.78, 5) is 26.3. The van der Waals surface area contributed by atoms with E-state index in [0.717, 1.165) is 0 Å². The van der Waals surface area contributed by atoms with Crippen LogP contribution in [0.2, 0.25) is 5.02 Å². The Labute approximate surface area is 210 Å². The second-order valence-corrected chi connectivity index (χ2v) is 9.53. The quantitative estimate of drug-likeness (QED) is 0.220. The summed E-state index contributed by atoms with van der Waals surface area (Å²) in [5.74, 6) is -0.0287. The van der Waals surface area contributed by atoms with E-state index in [1.807, 2.05) is 4.72 Å². The number of nitrogens with one attached hydrogen (secondary N) is 3. The molecule has 0 radical (unpaired) electrons. The predicted molar refractivity (Wildman–Crippen MR) is 134 cm³/mol. The molecular weight excluding hydrogens is 512 g/mol. The van der Waals surface area contributed by atoms with Gasteiger partial charge in [-0.3, -0.25) is 14.9 Å². The van der Waals surface area contributed by atoms with Gasteiger partial charge in [-0.1, -0.05) is 11.6 Å². The van der Waals surface area contributed by atoms with Crippen molar-refractivity contribution in [2.45, 2.75) is 4.90 Å². The van der Waals surface area contributed by atoms with Crippen molar-refractivity contribution in [2.75, 3.05) is 19.5 Å². The lowest BCUT2D eigenvalue weighted by atomic mass is 10.1. The number of aromatic nitrogens is 1. The number of amides is 1. The number of nitro benzene ring substituents is 1. The number of hydrogen-bond acceptors (Lipinski definition) is 8. The van der Waals surface area contributed by atoms with Gasteiger partial charge in [0, 0.05) is 23.2 Å². The van der Waals surface area contributed by atoms with Crippen molar-refractivity contribution in [1.29, 1.82) is 0 Å². The molecule has 4 rings (SSSR count). The third-order valence-electron chi connectivity index (χ3n) is 5.25. The topological polar surface area (TPSA) is 153 Å². The first-order valence-electron chi connectivity index (χ1n) is 10.2. The molecule has 0 spiro atoms. The number of sulfonamides is 1. The van der Waals surface area contributed by atoms with Crippen LogP contribution in [0, 0.1) is 10.1 Å². The van der Waals surface area contributed by atoms with E-state index < -0.39 is 20.9 Å². The van der Waals surface area contributed by atoms with Gasteiger partial charge < -0.3 is 19.8 Å². The molecule has 0 aliphatic carbocycles. The van der Waals surface area contributed by atoms with E-state index in [1.165, 1.54) is 56.7 Å². The monoisotopic (exact) mass is 530 g/mol. The second-order valence-electron chi connectivity index (χ2n) is 7.44. The van der Waals surface area contributed by atoms with Crippen LogP contribution in [-0.4, -0.2) is 38.5 Å². The molecule has 1 heterocycles. The average molecular weight is 531 g/mol. The van der Waals surface area contributed by atoms with Gasteiger partial charge in [0.25, 0.3) is 21.6 Å². The fourth-order valence-corrected chi connectivity index (χ4v) is 4.58. The van der Waals surface area contributed by atoms with Crippen molar-refractivity contribution >= 4 is 55.5 Å². The highest BCUT2D eigenvalue weighted by Crippen LogP contribution is 2.36. The number of carbonyl (C=O) groups excluding carboxylic acids is 1. The van der Waals surface area contributed by atoms with Gasteiger partial charge in [-0.05, 0) is 48.5 Å². The molecule has 0 atom stereocenters. The summed E-state index contributed by atoms with van der Waals surface area (Å²) in [6.45, 7) is 0. The number of rotatable bonds is 8. The lowest BCUT2D eigenvalue weighted by Crippen LogP contribution is -2.30. The smallest absolute Gasteiger partial charge is 0.293 e. The van der Waals surface area contributed by atoms with E-state index in [9.17, 15) is 23.3 Å². The van der Waals surface area contributed by atoms with Crippen LogP contribution in [0.3, 0.4) is 0 Å². The Hall–Kier alpha value is -4.29. The van der Waals surface area contributed by atoms with E-state index in [2.05, 4.69) is 10.3 Å². The molecule has 1 aromatic heterocycles. The van der Waals surface area contributed by atoms with Gasteiger partial charge in [0.15, 0.2) is 0 Å². The number of anilines is 2. The first-order chi connectivity index (χ1) is 17.1. The largest absolute Gasteiger partial charge is 0.497 e. The summed E-state index contributed by atoms with van der Waals surface area (Å²) in [5, 5.41) is 15.3. The first-order valence-corrected chi connectivity index (χ1v) is 12.1. The molecule has 4 aromatic rings. The molecule has 0 aliphatic heterocycles. The molecule has 3 aromatic carbocycles. The molecule has 0 aliphatic rings. The van der Waals surface area contributed by atoms with Crippen molar-refractivity contribution < 1.29 is 27.6 Å². The number of carbonyl (C=O) groups is 1. The number of nitrogens with zero attached hydrogens (tertiary/aromatic N) is 1. The van der Waals surface area contributed by atoms with Crippen molar-refractivity contribution in [2.24, 2.45) is 0 Å². The molecular formula is C23H19ClN4O7S. The van der Waals surface area contributed by atoms with Crippen LogP contribution in [0.25, 0.3) is 10.9 Å². The fourth-order valence-electron chi connectivity index (χ4n) is 3.45. The maximum atomic E-state index is 12.8. The second kappa shape index (κ2) is 9.76. The molecule has 0 fully saturated rings. The number of ether oxygens (including phenoxy) is 2. The van der Waals surface area contributed by atoms with Gasteiger partial charge in [-0.25, -0.2) is 13.1 Å². The lowest BCUT2D eigenvalue weighted by Gasteiger charge is -2.11. The summed E-state index contributed by atoms with van der Waals surface area (Å²) in [7, 11) is -1.29. The van der Waals surface area contributed by atoms with Crippen LogP contribution in [-0.2, 0) is 10.0 Å². The number of aromatic amines is 1. The Morgan fingerprint density at radius 2 is 1.64 bits per heavy atom. The highest BCUT2D eigenvalue weighted by Gasteiger charge is 2.24. The molecule has 11 nitrogen and oxygen atoms in total. The third-order valence-corrected chi connectivity index (χ3v) is 6.93. The SMILES string of the molecule is COc1ccc(S(=O)(=O)NC(=O)c2cc3c(Nc4cc(OC)ccc4Cl)ccc([N+](=O)[O-])c3[nH]2)cc1. The molecule has 3 N–H and O–H groups in total. The van der Waals surface area contributed by atoms with Crippen LogP contribution in [0.4, 0.5) is 17.1 Å². The van der Waals surface area contributed by atoms with Crippen LogP contribution >= 0.6 is 11.6 Å². The zero-order valence-corrected chi connectivity index (χ0v) is 20.4.